The molecule has 1 N–H and O–H groups in total. The minimum Gasteiger partial charge on any atom is -0.383 e. The van der Waals surface area contributed by atoms with Crippen molar-refractivity contribution in [2.45, 2.75) is 58.6 Å². The maximum Gasteiger partial charge on any atom is 0.108 e. The molecule has 1 aromatic rings. The van der Waals surface area contributed by atoms with Crippen LogP contribution in [0.2, 0.25) is 0 Å². The first-order valence-corrected chi connectivity index (χ1v) is 6.68. The molecule has 1 aliphatic carbocycles. The van der Waals surface area contributed by atoms with Gasteiger partial charge in [0.25, 0.3) is 0 Å². The van der Waals surface area contributed by atoms with E-state index in [1.165, 1.54) is 6.42 Å². The van der Waals surface area contributed by atoms with E-state index in [0.717, 1.165) is 31.5 Å². The number of aryl methyl sites for hydroxylation is 1. The predicted octanol–water partition coefficient (Wildman–Crippen LogP) is 2.33. The van der Waals surface area contributed by atoms with Crippen molar-refractivity contribution >= 4 is 0 Å². The predicted molar refractivity (Wildman–Crippen MR) is 66.4 cm³/mol. The first kappa shape index (κ1) is 12.6. The van der Waals surface area contributed by atoms with E-state index < -0.39 is 5.60 Å². The molecular formula is C13H23N3O. The van der Waals surface area contributed by atoms with E-state index in [0.29, 0.717) is 11.8 Å². The zero-order valence-electron chi connectivity index (χ0n) is 11.1. The molecular weight excluding hydrogens is 214 g/mol. The van der Waals surface area contributed by atoms with Gasteiger partial charge in [0.1, 0.15) is 5.60 Å². The van der Waals surface area contributed by atoms with Crippen molar-refractivity contribution in [2.75, 3.05) is 0 Å². The summed E-state index contributed by atoms with van der Waals surface area (Å²) in [4.78, 5) is 0. The molecule has 1 heterocycles. The van der Waals surface area contributed by atoms with E-state index in [9.17, 15) is 5.11 Å². The molecule has 2 rings (SSSR count). The van der Waals surface area contributed by atoms with Gasteiger partial charge in [-0.2, -0.15) is 0 Å². The average molecular weight is 237 g/mol. The third-order valence-electron chi connectivity index (χ3n) is 4.10. The minimum atomic E-state index is -0.716. The third kappa shape index (κ3) is 2.37. The molecule has 96 valence electrons. The highest BCUT2D eigenvalue weighted by Gasteiger charge is 2.39. The molecule has 0 bridgehead atoms. The summed E-state index contributed by atoms with van der Waals surface area (Å²) in [6.45, 7) is 7.28. The van der Waals surface area contributed by atoms with Crippen LogP contribution in [0, 0.1) is 11.8 Å². The Balaban J connectivity index is 2.23. The van der Waals surface area contributed by atoms with Gasteiger partial charge in [-0.1, -0.05) is 19.1 Å². The van der Waals surface area contributed by atoms with Gasteiger partial charge in [0.05, 0.1) is 11.9 Å². The molecule has 1 aliphatic rings. The van der Waals surface area contributed by atoms with Crippen molar-refractivity contribution < 1.29 is 5.11 Å². The topological polar surface area (TPSA) is 50.9 Å². The van der Waals surface area contributed by atoms with Crippen molar-refractivity contribution in [2.24, 2.45) is 11.8 Å². The molecule has 0 amide bonds. The Labute approximate surface area is 103 Å². The molecule has 0 spiro atoms. The maximum absolute atomic E-state index is 10.9. The first-order chi connectivity index (χ1) is 8.07. The summed E-state index contributed by atoms with van der Waals surface area (Å²) in [7, 11) is 0. The molecule has 0 aromatic carbocycles. The lowest BCUT2D eigenvalue weighted by atomic mass is 9.72. The molecule has 0 aliphatic heterocycles. The first-order valence-electron chi connectivity index (χ1n) is 6.68. The Bertz CT molecular complexity index is 374. The van der Waals surface area contributed by atoms with E-state index in [-0.39, 0.29) is 0 Å². The van der Waals surface area contributed by atoms with Crippen LogP contribution in [0.4, 0.5) is 0 Å². The fourth-order valence-electron chi connectivity index (χ4n) is 2.95. The quantitative estimate of drug-likeness (QED) is 0.877. The second-order valence-electron chi connectivity index (χ2n) is 5.57. The Morgan fingerprint density at radius 3 is 3.00 bits per heavy atom. The standard InChI is InChI=1S/C13H23N3O/c1-4-16-12(9-14-15-16)13(17)7-5-6-11(8-13)10(2)3/h9-11,17H,4-8H2,1-3H3. The summed E-state index contributed by atoms with van der Waals surface area (Å²) >= 11 is 0. The molecule has 17 heavy (non-hydrogen) atoms. The maximum atomic E-state index is 10.9. The summed E-state index contributed by atoms with van der Waals surface area (Å²) in [6.07, 6.45) is 5.73. The molecule has 0 saturated heterocycles. The zero-order chi connectivity index (χ0) is 12.5. The van der Waals surface area contributed by atoms with Crippen molar-refractivity contribution in [1.29, 1.82) is 0 Å². The van der Waals surface area contributed by atoms with Crippen LogP contribution in [-0.2, 0) is 12.1 Å². The van der Waals surface area contributed by atoms with E-state index in [2.05, 4.69) is 24.2 Å². The third-order valence-corrected chi connectivity index (χ3v) is 4.10. The molecule has 2 atom stereocenters. The number of rotatable bonds is 3. The van der Waals surface area contributed by atoms with Crippen LogP contribution in [0.3, 0.4) is 0 Å². The van der Waals surface area contributed by atoms with Gasteiger partial charge in [0.2, 0.25) is 0 Å². The zero-order valence-corrected chi connectivity index (χ0v) is 11.1. The monoisotopic (exact) mass is 237 g/mol. The molecule has 1 saturated carbocycles. The van der Waals surface area contributed by atoms with Crippen LogP contribution in [0.5, 0.6) is 0 Å². The highest BCUT2D eigenvalue weighted by molar-refractivity contribution is 5.10. The molecule has 1 aromatic heterocycles. The van der Waals surface area contributed by atoms with E-state index >= 15 is 0 Å². The summed E-state index contributed by atoms with van der Waals surface area (Å²) in [5, 5.41) is 18.8. The second kappa shape index (κ2) is 4.77. The van der Waals surface area contributed by atoms with Crippen LogP contribution in [-0.4, -0.2) is 20.1 Å². The van der Waals surface area contributed by atoms with Gasteiger partial charge >= 0.3 is 0 Å². The van der Waals surface area contributed by atoms with Gasteiger partial charge in [-0.3, -0.25) is 0 Å². The van der Waals surface area contributed by atoms with Gasteiger partial charge < -0.3 is 5.11 Å². The Morgan fingerprint density at radius 1 is 1.59 bits per heavy atom. The smallest absolute Gasteiger partial charge is 0.108 e. The second-order valence-corrected chi connectivity index (χ2v) is 5.57. The molecule has 4 nitrogen and oxygen atoms in total. The Hall–Kier alpha value is -0.900. The van der Waals surface area contributed by atoms with Crippen LogP contribution < -0.4 is 0 Å². The van der Waals surface area contributed by atoms with Crippen LogP contribution in [0.1, 0.15) is 52.1 Å². The lowest BCUT2D eigenvalue weighted by molar-refractivity contribution is -0.0364. The van der Waals surface area contributed by atoms with Crippen molar-refractivity contribution in [3.63, 3.8) is 0 Å². The number of nitrogens with zero attached hydrogens (tertiary/aromatic N) is 3. The Kier molecular flexibility index (Phi) is 3.52. The van der Waals surface area contributed by atoms with Gasteiger partial charge in [-0.15, -0.1) is 5.10 Å². The van der Waals surface area contributed by atoms with E-state index in [1.807, 2.05) is 11.6 Å². The van der Waals surface area contributed by atoms with Gasteiger partial charge in [0.15, 0.2) is 0 Å². The van der Waals surface area contributed by atoms with E-state index in [4.69, 9.17) is 0 Å². The molecule has 4 heteroatoms. The highest BCUT2D eigenvalue weighted by atomic mass is 16.3. The average Bonchev–Trinajstić information content (AvgIpc) is 2.77. The van der Waals surface area contributed by atoms with Crippen molar-refractivity contribution in [3.05, 3.63) is 11.9 Å². The lowest BCUT2D eigenvalue weighted by Crippen LogP contribution is -2.36. The van der Waals surface area contributed by atoms with Gasteiger partial charge in [-0.05, 0) is 44.4 Å². The summed E-state index contributed by atoms with van der Waals surface area (Å²) < 4.78 is 1.82. The van der Waals surface area contributed by atoms with Gasteiger partial charge in [0, 0.05) is 6.54 Å². The van der Waals surface area contributed by atoms with E-state index in [1.54, 1.807) is 6.20 Å². The number of hydrogen-bond donors (Lipinski definition) is 1. The summed E-state index contributed by atoms with van der Waals surface area (Å²) in [5.41, 5.74) is 0.178. The molecule has 1 fully saturated rings. The van der Waals surface area contributed by atoms with Crippen LogP contribution in [0.15, 0.2) is 6.20 Å². The largest absolute Gasteiger partial charge is 0.383 e. The van der Waals surface area contributed by atoms with Gasteiger partial charge in [-0.25, -0.2) is 4.68 Å². The Morgan fingerprint density at radius 2 is 2.35 bits per heavy atom. The highest BCUT2D eigenvalue weighted by Crippen LogP contribution is 2.42. The normalized spacial score (nSPS) is 29.8. The van der Waals surface area contributed by atoms with Crippen LogP contribution >= 0.6 is 0 Å². The number of aliphatic hydroxyl groups is 1. The summed E-state index contributed by atoms with van der Waals surface area (Å²) in [5.74, 6) is 1.24. The molecule has 0 radical (unpaired) electrons. The SMILES string of the molecule is CCn1nncc1C1(O)CCCC(C(C)C)C1. The lowest BCUT2D eigenvalue weighted by Gasteiger charge is -2.38. The minimum absolute atomic E-state index is 0.606. The number of aromatic nitrogens is 3. The van der Waals surface area contributed by atoms with Crippen LogP contribution in [0.25, 0.3) is 0 Å². The fraction of sp³-hybridized carbons (Fsp3) is 0.846. The fourth-order valence-corrected chi connectivity index (χ4v) is 2.95. The summed E-state index contributed by atoms with van der Waals surface area (Å²) in [6, 6.07) is 0. The molecule has 2 unspecified atom stereocenters. The van der Waals surface area contributed by atoms with Crippen molar-refractivity contribution in [1.82, 2.24) is 15.0 Å². The van der Waals surface area contributed by atoms with Crippen molar-refractivity contribution in [3.8, 4) is 0 Å². The number of hydrogen-bond acceptors (Lipinski definition) is 3.